The molecule has 0 bridgehead atoms. The van der Waals surface area contributed by atoms with Crippen molar-refractivity contribution in [2.45, 2.75) is 45.6 Å². The lowest BCUT2D eigenvalue weighted by Crippen LogP contribution is -2.38. The summed E-state index contributed by atoms with van der Waals surface area (Å²) in [7, 11) is 1.90. The van der Waals surface area contributed by atoms with Crippen molar-refractivity contribution in [1.29, 1.82) is 5.26 Å². The van der Waals surface area contributed by atoms with E-state index in [0.717, 1.165) is 42.7 Å². The van der Waals surface area contributed by atoms with Crippen LogP contribution in [0.5, 0.6) is 0 Å². The number of nitrogens with zero attached hydrogens (tertiary/aromatic N) is 2. The molecule has 2 atom stereocenters. The van der Waals surface area contributed by atoms with Gasteiger partial charge in [-0.05, 0) is 45.2 Å². The van der Waals surface area contributed by atoms with Gasteiger partial charge in [0.15, 0.2) is 0 Å². The Morgan fingerprint density at radius 3 is 2.78 bits per heavy atom. The van der Waals surface area contributed by atoms with E-state index in [1.165, 1.54) is 11.3 Å². The van der Waals surface area contributed by atoms with Crippen LogP contribution < -0.4 is 5.32 Å². The van der Waals surface area contributed by atoms with Crippen molar-refractivity contribution in [3.8, 4) is 6.07 Å². The Labute approximate surface area is 141 Å². The average Bonchev–Trinajstić information content (AvgIpc) is 2.75. The summed E-state index contributed by atoms with van der Waals surface area (Å²) >= 11 is 1.44. The number of aliphatic hydroxyl groups is 1. The van der Waals surface area contributed by atoms with Gasteiger partial charge in [0.2, 0.25) is 5.91 Å². The predicted octanol–water partition coefficient (Wildman–Crippen LogP) is 2.66. The zero-order valence-corrected chi connectivity index (χ0v) is 14.9. The Kier molecular flexibility index (Phi) is 6.17. The van der Waals surface area contributed by atoms with E-state index in [-0.39, 0.29) is 24.5 Å². The topological polar surface area (TPSA) is 76.4 Å². The highest BCUT2D eigenvalue weighted by molar-refractivity contribution is 7.16. The fraction of sp³-hybridized carbons (Fsp3) is 0.647. The van der Waals surface area contributed by atoms with Crippen LogP contribution in [0.15, 0.2) is 0 Å². The Morgan fingerprint density at radius 1 is 1.43 bits per heavy atom. The average molecular weight is 335 g/mol. The van der Waals surface area contributed by atoms with Crippen molar-refractivity contribution < 1.29 is 9.90 Å². The number of thiophene rings is 1. The summed E-state index contributed by atoms with van der Waals surface area (Å²) in [5, 5.41) is 22.7. The first kappa shape index (κ1) is 17.9. The van der Waals surface area contributed by atoms with E-state index in [4.69, 9.17) is 0 Å². The number of carbonyl (C=O) groups excluding carboxylic acids is 1. The summed E-state index contributed by atoms with van der Waals surface area (Å²) in [5.41, 5.74) is 1.50. The van der Waals surface area contributed by atoms with Crippen LogP contribution in [0.4, 0.5) is 5.00 Å². The second-order valence-electron chi connectivity index (χ2n) is 6.46. The van der Waals surface area contributed by atoms with Crippen molar-refractivity contribution in [1.82, 2.24) is 4.90 Å². The lowest BCUT2D eigenvalue weighted by molar-refractivity contribution is -0.117. The van der Waals surface area contributed by atoms with E-state index < -0.39 is 0 Å². The number of anilines is 1. The highest BCUT2D eigenvalue weighted by Crippen LogP contribution is 2.31. The maximum atomic E-state index is 12.2. The molecule has 2 N–H and O–H groups in total. The lowest BCUT2D eigenvalue weighted by Gasteiger charge is -2.30. The monoisotopic (exact) mass is 335 g/mol. The number of aliphatic hydroxyl groups excluding tert-OH is 1. The number of aryl methyl sites for hydroxylation is 1. The molecule has 1 amide bonds. The van der Waals surface area contributed by atoms with Gasteiger partial charge in [0, 0.05) is 11.4 Å². The molecule has 1 aromatic heterocycles. The second-order valence-corrected chi connectivity index (χ2v) is 7.68. The third-order valence-electron chi connectivity index (χ3n) is 4.58. The molecule has 2 rings (SSSR count). The lowest BCUT2D eigenvalue weighted by atomic mass is 9.86. The quantitative estimate of drug-likeness (QED) is 0.867. The first-order valence-electron chi connectivity index (χ1n) is 8.09. The zero-order valence-electron chi connectivity index (χ0n) is 14.1. The van der Waals surface area contributed by atoms with Crippen LogP contribution in [0, 0.1) is 31.1 Å². The molecule has 1 saturated carbocycles. The van der Waals surface area contributed by atoms with Crippen LogP contribution in [-0.2, 0) is 4.79 Å². The SMILES string of the molecule is Cc1sc(NC(=O)CN(C)CC2CCCCC2O)c(C#N)c1C. The van der Waals surface area contributed by atoms with Gasteiger partial charge < -0.3 is 10.4 Å². The molecule has 126 valence electrons. The van der Waals surface area contributed by atoms with E-state index in [9.17, 15) is 15.2 Å². The van der Waals surface area contributed by atoms with E-state index in [2.05, 4.69) is 11.4 Å². The smallest absolute Gasteiger partial charge is 0.239 e. The minimum atomic E-state index is -0.248. The molecule has 1 aliphatic rings. The molecule has 0 radical (unpaired) electrons. The van der Waals surface area contributed by atoms with Crippen molar-refractivity contribution in [3.05, 3.63) is 16.0 Å². The van der Waals surface area contributed by atoms with Gasteiger partial charge >= 0.3 is 0 Å². The van der Waals surface area contributed by atoms with Crippen molar-refractivity contribution in [2.75, 3.05) is 25.5 Å². The molecule has 0 saturated heterocycles. The Balaban J connectivity index is 1.89. The van der Waals surface area contributed by atoms with Crippen molar-refractivity contribution in [2.24, 2.45) is 5.92 Å². The summed E-state index contributed by atoms with van der Waals surface area (Å²) in [5.74, 6) is 0.137. The van der Waals surface area contributed by atoms with Crippen LogP contribution in [0.25, 0.3) is 0 Å². The highest BCUT2D eigenvalue weighted by Gasteiger charge is 2.25. The molecule has 1 aliphatic carbocycles. The summed E-state index contributed by atoms with van der Waals surface area (Å²) in [6.45, 7) is 4.84. The number of nitriles is 1. The molecule has 1 fully saturated rings. The van der Waals surface area contributed by atoms with E-state index in [0.29, 0.717) is 10.6 Å². The van der Waals surface area contributed by atoms with Gasteiger partial charge in [-0.3, -0.25) is 9.69 Å². The normalized spacial score (nSPS) is 21.2. The van der Waals surface area contributed by atoms with Gasteiger partial charge in [0.1, 0.15) is 11.1 Å². The maximum absolute atomic E-state index is 12.2. The molecule has 23 heavy (non-hydrogen) atoms. The second kappa shape index (κ2) is 7.91. The molecule has 1 aromatic rings. The van der Waals surface area contributed by atoms with Gasteiger partial charge in [-0.15, -0.1) is 11.3 Å². The molecule has 2 unspecified atom stereocenters. The van der Waals surface area contributed by atoms with Gasteiger partial charge in [-0.25, -0.2) is 0 Å². The van der Waals surface area contributed by atoms with Gasteiger partial charge in [-0.2, -0.15) is 5.26 Å². The molecule has 6 heteroatoms. The molecule has 0 aromatic carbocycles. The third kappa shape index (κ3) is 4.54. The third-order valence-corrected chi connectivity index (χ3v) is 5.70. The fourth-order valence-corrected chi connectivity index (χ4v) is 4.15. The van der Waals surface area contributed by atoms with E-state index in [1.54, 1.807) is 0 Å². The summed E-state index contributed by atoms with van der Waals surface area (Å²) in [6.07, 6.45) is 3.89. The summed E-state index contributed by atoms with van der Waals surface area (Å²) in [6, 6.07) is 2.16. The Hall–Kier alpha value is -1.42. The first-order chi connectivity index (χ1) is 10.9. The Bertz CT molecular complexity index is 606. The molecular weight excluding hydrogens is 310 g/mol. The number of rotatable bonds is 5. The zero-order chi connectivity index (χ0) is 17.0. The standard InChI is InChI=1S/C17H25N3O2S/c1-11-12(2)23-17(14(11)8-18)19-16(22)10-20(3)9-13-6-4-5-7-15(13)21/h13,15,21H,4-7,9-10H2,1-3H3,(H,19,22). The minimum Gasteiger partial charge on any atom is -0.393 e. The largest absolute Gasteiger partial charge is 0.393 e. The number of carbonyl (C=O) groups is 1. The maximum Gasteiger partial charge on any atom is 0.239 e. The van der Waals surface area contributed by atoms with Gasteiger partial charge in [0.05, 0.1) is 18.2 Å². The van der Waals surface area contributed by atoms with Crippen LogP contribution in [0.3, 0.4) is 0 Å². The van der Waals surface area contributed by atoms with Gasteiger partial charge in [0.25, 0.3) is 0 Å². The minimum absolute atomic E-state index is 0.115. The van der Waals surface area contributed by atoms with E-state index in [1.807, 2.05) is 25.8 Å². The predicted molar refractivity (Wildman–Crippen MR) is 92.6 cm³/mol. The molecule has 0 spiro atoms. The molecule has 0 aliphatic heterocycles. The summed E-state index contributed by atoms with van der Waals surface area (Å²) < 4.78 is 0. The van der Waals surface area contributed by atoms with Crippen LogP contribution in [0.1, 0.15) is 41.7 Å². The van der Waals surface area contributed by atoms with Crippen LogP contribution in [0.2, 0.25) is 0 Å². The molecule has 1 heterocycles. The number of hydrogen-bond donors (Lipinski definition) is 2. The van der Waals surface area contributed by atoms with Crippen LogP contribution >= 0.6 is 11.3 Å². The highest BCUT2D eigenvalue weighted by atomic mass is 32.1. The summed E-state index contributed by atoms with van der Waals surface area (Å²) in [4.78, 5) is 15.2. The number of likely N-dealkylation sites (N-methyl/N-ethyl adjacent to an activating group) is 1. The number of amides is 1. The fourth-order valence-electron chi connectivity index (χ4n) is 3.13. The molecule has 5 nitrogen and oxygen atoms in total. The number of hydrogen-bond acceptors (Lipinski definition) is 5. The first-order valence-corrected chi connectivity index (χ1v) is 8.90. The van der Waals surface area contributed by atoms with Gasteiger partial charge in [-0.1, -0.05) is 12.8 Å². The number of nitrogens with one attached hydrogen (secondary N) is 1. The van der Waals surface area contributed by atoms with Crippen LogP contribution in [-0.4, -0.2) is 42.2 Å². The van der Waals surface area contributed by atoms with Crippen molar-refractivity contribution >= 4 is 22.2 Å². The molecular formula is C17H25N3O2S. The van der Waals surface area contributed by atoms with Crippen molar-refractivity contribution in [3.63, 3.8) is 0 Å². The van der Waals surface area contributed by atoms with E-state index >= 15 is 0 Å². The Morgan fingerprint density at radius 2 is 2.13 bits per heavy atom.